The third-order valence-electron chi connectivity index (χ3n) is 1.82. The van der Waals surface area contributed by atoms with Crippen molar-refractivity contribution in [3.63, 3.8) is 0 Å². The summed E-state index contributed by atoms with van der Waals surface area (Å²) in [7, 11) is 0. The highest BCUT2D eigenvalue weighted by Gasteiger charge is 2.06. The van der Waals surface area contributed by atoms with Crippen LogP contribution in [-0.2, 0) is 0 Å². The fraction of sp³-hybridized carbons (Fsp3) is 1.00. The summed E-state index contributed by atoms with van der Waals surface area (Å²) in [5, 5.41) is 3.51. The summed E-state index contributed by atoms with van der Waals surface area (Å²) in [6, 6.07) is 0. The van der Waals surface area contributed by atoms with E-state index < -0.39 is 0 Å². The molecule has 0 heterocycles. The maximum atomic E-state index is 3.51. The highest BCUT2D eigenvalue weighted by Crippen LogP contribution is 2.05. The van der Waals surface area contributed by atoms with Crippen molar-refractivity contribution < 1.29 is 0 Å². The lowest BCUT2D eigenvalue weighted by molar-refractivity contribution is 0.418. The minimum Gasteiger partial charge on any atom is -0.312 e. The Morgan fingerprint density at radius 2 is 1.77 bits per heavy atom. The van der Waals surface area contributed by atoms with Crippen molar-refractivity contribution in [1.29, 1.82) is 0 Å². The summed E-state index contributed by atoms with van der Waals surface area (Å²) in [4.78, 5) is 0. The maximum absolute atomic E-state index is 3.51. The molecule has 0 saturated heterocycles. The summed E-state index contributed by atoms with van der Waals surface area (Å²) in [5.74, 6) is 2.60. The molecule has 0 amide bonds. The highest BCUT2D eigenvalue weighted by molar-refractivity contribution is 7.99. The molecule has 2 heteroatoms. The second kappa shape index (κ2) is 7.69. The van der Waals surface area contributed by atoms with Crippen molar-refractivity contribution >= 4 is 11.8 Å². The van der Waals surface area contributed by atoms with E-state index in [1.807, 2.05) is 0 Å². The number of unbranched alkanes of at least 4 members (excludes halogenated alkanes) is 2. The van der Waals surface area contributed by atoms with Crippen molar-refractivity contribution in [3.05, 3.63) is 0 Å². The largest absolute Gasteiger partial charge is 0.312 e. The van der Waals surface area contributed by atoms with E-state index in [1.165, 1.54) is 37.3 Å². The Labute approximate surface area is 88.1 Å². The molecule has 0 aliphatic carbocycles. The molecule has 0 rings (SSSR count). The smallest absolute Gasteiger partial charge is 0.00965 e. The van der Waals surface area contributed by atoms with Crippen LogP contribution in [-0.4, -0.2) is 23.6 Å². The van der Waals surface area contributed by atoms with Crippen LogP contribution < -0.4 is 5.32 Å². The average Bonchev–Trinajstić information content (AvgIpc) is 2.01. The number of hydrogen-bond donors (Lipinski definition) is 1. The summed E-state index contributed by atoms with van der Waals surface area (Å²) >= 11 is 2.05. The molecule has 0 spiro atoms. The molecule has 1 N–H and O–H groups in total. The van der Waals surface area contributed by atoms with Crippen molar-refractivity contribution in [2.24, 2.45) is 0 Å². The first kappa shape index (κ1) is 13.3. The molecule has 0 bridgehead atoms. The van der Waals surface area contributed by atoms with E-state index in [2.05, 4.69) is 44.8 Å². The molecule has 80 valence electrons. The molecule has 0 saturated carbocycles. The molecule has 0 aliphatic heterocycles. The summed E-state index contributed by atoms with van der Waals surface area (Å²) in [6.45, 7) is 10.1. The zero-order chi connectivity index (χ0) is 10.2. The fourth-order valence-corrected chi connectivity index (χ4v) is 1.81. The van der Waals surface area contributed by atoms with Crippen molar-refractivity contribution in [2.45, 2.75) is 52.5 Å². The van der Waals surface area contributed by atoms with E-state index in [0.717, 1.165) is 0 Å². The fourth-order valence-electron chi connectivity index (χ4n) is 1.11. The SMILES string of the molecule is CCSCCCCCNC(C)(C)C. The Morgan fingerprint density at radius 3 is 2.31 bits per heavy atom. The van der Waals surface area contributed by atoms with E-state index in [4.69, 9.17) is 0 Å². The van der Waals surface area contributed by atoms with Gasteiger partial charge in [-0.15, -0.1) is 0 Å². The minimum atomic E-state index is 0.290. The van der Waals surface area contributed by atoms with Gasteiger partial charge in [-0.3, -0.25) is 0 Å². The lowest BCUT2D eigenvalue weighted by Crippen LogP contribution is -2.36. The van der Waals surface area contributed by atoms with E-state index in [9.17, 15) is 0 Å². The zero-order valence-corrected chi connectivity index (χ0v) is 10.5. The predicted molar refractivity (Wildman–Crippen MR) is 64.6 cm³/mol. The van der Waals surface area contributed by atoms with Gasteiger partial charge in [0, 0.05) is 5.54 Å². The van der Waals surface area contributed by atoms with Crippen LogP contribution in [0.1, 0.15) is 47.0 Å². The molecular weight excluding hydrogens is 178 g/mol. The van der Waals surface area contributed by atoms with Crippen LogP contribution in [0.25, 0.3) is 0 Å². The van der Waals surface area contributed by atoms with E-state index in [1.54, 1.807) is 0 Å². The van der Waals surface area contributed by atoms with Gasteiger partial charge in [0.15, 0.2) is 0 Å². The van der Waals surface area contributed by atoms with Gasteiger partial charge in [0.2, 0.25) is 0 Å². The van der Waals surface area contributed by atoms with Gasteiger partial charge in [0.25, 0.3) is 0 Å². The van der Waals surface area contributed by atoms with Gasteiger partial charge in [0.1, 0.15) is 0 Å². The molecule has 0 aromatic carbocycles. The van der Waals surface area contributed by atoms with Gasteiger partial charge < -0.3 is 5.32 Å². The first-order valence-electron chi connectivity index (χ1n) is 5.39. The van der Waals surface area contributed by atoms with E-state index in [0.29, 0.717) is 0 Å². The van der Waals surface area contributed by atoms with Crippen LogP contribution in [0.2, 0.25) is 0 Å². The third kappa shape index (κ3) is 12.3. The minimum absolute atomic E-state index is 0.290. The Bertz CT molecular complexity index is 107. The van der Waals surface area contributed by atoms with Gasteiger partial charge in [-0.25, -0.2) is 0 Å². The van der Waals surface area contributed by atoms with Crippen LogP contribution >= 0.6 is 11.8 Å². The van der Waals surface area contributed by atoms with Crippen LogP contribution in [0.5, 0.6) is 0 Å². The van der Waals surface area contributed by atoms with Crippen molar-refractivity contribution in [3.8, 4) is 0 Å². The normalized spacial score (nSPS) is 12.0. The van der Waals surface area contributed by atoms with Gasteiger partial charge >= 0.3 is 0 Å². The lowest BCUT2D eigenvalue weighted by atomic mass is 10.1. The summed E-state index contributed by atoms with van der Waals surface area (Å²) in [5.41, 5.74) is 0.290. The van der Waals surface area contributed by atoms with Crippen LogP contribution in [0.15, 0.2) is 0 Å². The quantitative estimate of drug-likeness (QED) is 0.637. The molecule has 13 heavy (non-hydrogen) atoms. The molecule has 0 radical (unpaired) electrons. The standard InChI is InChI=1S/C11H25NS/c1-5-13-10-8-6-7-9-12-11(2,3)4/h12H,5-10H2,1-4H3. The Balaban J connectivity index is 3.00. The van der Waals surface area contributed by atoms with Crippen LogP contribution in [0.4, 0.5) is 0 Å². The molecular formula is C11H25NS. The number of thioether (sulfide) groups is 1. The first-order valence-corrected chi connectivity index (χ1v) is 6.54. The second-order valence-corrected chi connectivity index (χ2v) is 5.83. The van der Waals surface area contributed by atoms with Crippen molar-refractivity contribution in [2.75, 3.05) is 18.1 Å². The molecule has 0 aliphatic rings. The Morgan fingerprint density at radius 1 is 1.08 bits per heavy atom. The van der Waals surface area contributed by atoms with Gasteiger partial charge in [0.05, 0.1) is 0 Å². The van der Waals surface area contributed by atoms with Gasteiger partial charge in [-0.1, -0.05) is 13.3 Å². The predicted octanol–water partition coefficient (Wildman–Crippen LogP) is 3.30. The molecule has 0 atom stereocenters. The average molecular weight is 203 g/mol. The topological polar surface area (TPSA) is 12.0 Å². The van der Waals surface area contributed by atoms with Crippen LogP contribution in [0, 0.1) is 0 Å². The van der Waals surface area contributed by atoms with Gasteiger partial charge in [-0.05, 0) is 51.7 Å². The highest BCUT2D eigenvalue weighted by atomic mass is 32.2. The number of nitrogens with one attached hydrogen (secondary N) is 1. The van der Waals surface area contributed by atoms with Crippen LogP contribution in [0.3, 0.4) is 0 Å². The van der Waals surface area contributed by atoms with Crippen molar-refractivity contribution in [1.82, 2.24) is 5.32 Å². The monoisotopic (exact) mass is 203 g/mol. The number of hydrogen-bond acceptors (Lipinski definition) is 2. The van der Waals surface area contributed by atoms with E-state index >= 15 is 0 Å². The Kier molecular flexibility index (Phi) is 7.87. The molecule has 0 fully saturated rings. The first-order chi connectivity index (χ1) is 6.06. The molecule has 0 aromatic heterocycles. The summed E-state index contributed by atoms with van der Waals surface area (Å²) in [6.07, 6.45) is 4.07. The lowest BCUT2D eigenvalue weighted by Gasteiger charge is -2.20. The maximum Gasteiger partial charge on any atom is 0.00965 e. The second-order valence-electron chi connectivity index (χ2n) is 4.43. The molecule has 0 aromatic rings. The number of rotatable bonds is 7. The van der Waals surface area contributed by atoms with Gasteiger partial charge in [-0.2, -0.15) is 11.8 Å². The Hall–Kier alpha value is 0.310. The van der Waals surface area contributed by atoms with E-state index in [-0.39, 0.29) is 5.54 Å². The summed E-state index contributed by atoms with van der Waals surface area (Å²) < 4.78 is 0. The molecule has 1 nitrogen and oxygen atoms in total. The third-order valence-corrected chi connectivity index (χ3v) is 2.81. The zero-order valence-electron chi connectivity index (χ0n) is 9.65. The molecule has 0 unspecified atom stereocenters.